The van der Waals surface area contributed by atoms with E-state index in [0.29, 0.717) is 17.9 Å². The molecule has 2 aromatic carbocycles. The summed E-state index contributed by atoms with van der Waals surface area (Å²) in [5, 5.41) is 4.83. The molecule has 0 spiro atoms. The minimum atomic E-state index is -0.343. The smallest absolute Gasteiger partial charge is 0.338 e. The molecule has 0 bridgehead atoms. The molecular weight excluding hydrogens is 404 g/mol. The van der Waals surface area contributed by atoms with E-state index in [4.69, 9.17) is 4.74 Å². The highest BCUT2D eigenvalue weighted by atomic mass is 32.2. The van der Waals surface area contributed by atoms with Crippen molar-refractivity contribution < 1.29 is 14.3 Å². The Hall–Kier alpha value is -2.64. The van der Waals surface area contributed by atoms with E-state index in [1.54, 1.807) is 24.3 Å². The summed E-state index contributed by atoms with van der Waals surface area (Å²) in [7, 11) is 0. The Morgan fingerprint density at radius 3 is 2.59 bits per heavy atom. The zero-order valence-corrected chi connectivity index (χ0v) is 17.7. The maximum atomic E-state index is 12.2. The lowest BCUT2D eigenvalue weighted by Crippen LogP contribution is -2.14. The fourth-order valence-corrected chi connectivity index (χ4v) is 4.11. The second kappa shape index (κ2) is 10.8. The number of aromatic nitrogens is 1. The summed E-state index contributed by atoms with van der Waals surface area (Å²) >= 11 is 2.93. The van der Waals surface area contributed by atoms with E-state index in [1.165, 1.54) is 23.1 Å². The molecule has 5 nitrogen and oxygen atoms in total. The van der Waals surface area contributed by atoms with Gasteiger partial charge in [-0.3, -0.25) is 4.79 Å². The Morgan fingerprint density at radius 1 is 1.10 bits per heavy atom. The average molecular weight is 427 g/mol. The first-order chi connectivity index (χ1) is 14.2. The molecule has 1 amide bonds. The number of rotatable bonds is 9. The molecule has 3 aromatic rings. The van der Waals surface area contributed by atoms with Crippen LogP contribution in [0.25, 0.3) is 11.3 Å². The lowest BCUT2D eigenvalue weighted by molar-refractivity contribution is -0.113. The third kappa shape index (κ3) is 6.44. The van der Waals surface area contributed by atoms with Gasteiger partial charge in [-0.1, -0.05) is 55.4 Å². The molecular formula is C22H22N2O3S2. The highest BCUT2D eigenvalue weighted by molar-refractivity contribution is 8.01. The van der Waals surface area contributed by atoms with Crippen LogP contribution in [0.3, 0.4) is 0 Å². The summed E-state index contributed by atoms with van der Waals surface area (Å²) in [6.07, 6.45) is 1.83. The molecule has 150 valence electrons. The lowest BCUT2D eigenvalue weighted by Gasteiger charge is -2.06. The third-order valence-corrected chi connectivity index (χ3v) is 6.04. The van der Waals surface area contributed by atoms with Gasteiger partial charge in [0.1, 0.15) is 0 Å². The van der Waals surface area contributed by atoms with E-state index >= 15 is 0 Å². The first-order valence-corrected chi connectivity index (χ1v) is 11.2. The van der Waals surface area contributed by atoms with Gasteiger partial charge < -0.3 is 10.1 Å². The number of amides is 1. The van der Waals surface area contributed by atoms with Gasteiger partial charge >= 0.3 is 5.97 Å². The number of unbranched alkanes of at least 4 members (excludes halogenated alkanes) is 1. The van der Waals surface area contributed by atoms with Crippen molar-refractivity contribution in [2.24, 2.45) is 0 Å². The van der Waals surface area contributed by atoms with E-state index in [9.17, 15) is 9.59 Å². The number of thiazole rings is 1. The molecule has 1 heterocycles. The molecule has 0 radical (unpaired) electrons. The number of benzene rings is 2. The summed E-state index contributed by atoms with van der Waals surface area (Å²) in [6.45, 7) is 2.47. The van der Waals surface area contributed by atoms with Gasteiger partial charge in [-0.2, -0.15) is 0 Å². The number of thioether (sulfide) groups is 1. The number of hydrogen-bond acceptors (Lipinski definition) is 6. The zero-order valence-electron chi connectivity index (χ0n) is 16.1. The van der Waals surface area contributed by atoms with Gasteiger partial charge in [-0.15, -0.1) is 11.3 Å². The number of hydrogen-bond donors (Lipinski definition) is 1. The van der Waals surface area contributed by atoms with Crippen molar-refractivity contribution in [1.29, 1.82) is 0 Å². The number of anilines is 1. The minimum Gasteiger partial charge on any atom is -0.462 e. The molecule has 0 aliphatic rings. The van der Waals surface area contributed by atoms with E-state index in [0.717, 1.165) is 28.4 Å². The van der Waals surface area contributed by atoms with E-state index in [-0.39, 0.29) is 17.6 Å². The number of carbonyl (C=O) groups excluding carboxylic acids is 2. The maximum Gasteiger partial charge on any atom is 0.338 e. The van der Waals surface area contributed by atoms with Crippen molar-refractivity contribution >= 4 is 40.7 Å². The highest BCUT2D eigenvalue weighted by Crippen LogP contribution is 2.28. The van der Waals surface area contributed by atoms with Crippen LogP contribution in [0.5, 0.6) is 0 Å². The van der Waals surface area contributed by atoms with Crippen LogP contribution in [0.15, 0.2) is 64.3 Å². The number of nitrogens with zero attached hydrogens (tertiary/aromatic N) is 1. The molecule has 0 fully saturated rings. The molecule has 0 saturated carbocycles. The number of nitrogens with one attached hydrogen (secondary N) is 1. The van der Waals surface area contributed by atoms with Crippen molar-refractivity contribution in [3.8, 4) is 11.3 Å². The predicted molar refractivity (Wildman–Crippen MR) is 119 cm³/mol. The monoisotopic (exact) mass is 426 g/mol. The van der Waals surface area contributed by atoms with Crippen molar-refractivity contribution in [2.45, 2.75) is 24.1 Å². The third-order valence-electron chi connectivity index (χ3n) is 4.01. The van der Waals surface area contributed by atoms with Gasteiger partial charge in [-0.05, 0) is 30.7 Å². The summed E-state index contributed by atoms with van der Waals surface area (Å²) in [5.74, 6) is -0.197. The van der Waals surface area contributed by atoms with Gasteiger partial charge in [0.05, 0.1) is 23.6 Å². The Kier molecular flexibility index (Phi) is 7.84. The number of carbonyl (C=O) groups is 2. The van der Waals surface area contributed by atoms with Crippen molar-refractivity contribution in [1.82, 2.24) is 4.98 Å². The first kappa shape index (κ1) is 21.1. The van der Waals surface area contributed by atoms with Gasteiger partial charge in [0, 0.05) is 16.6 Å². The van der Waals surface area contributed by atoms with Crippen LogP contribution in [0.4, 0.5) is 5.69 Å². The Bertz CT molecular complexity index is 940. The summed E-state index contributed by atoms with van der Waals surface area (Å²) in [5.41, 5.74) is 3.10. The summed E-state index contributed by atoms with van der Waals surface area (Å²) in [6, 6.07) is 16.7. The van der Waals surface area contributed by atoms with Crippen LogP contribution >= 0.6 is 23.1 Å². The molecule has 0 atom stereocenters. The molecule has 0 aliphatic heterocycles. The Morgan fingerprint density at radius 2 is 1.86 bits per heavy atom. The largest absolute Gasteiger partial charge is 0.462 e. The SMILES string of the molecule is CCCCOC(=O)c1ccc(NC(=O)CSc2nc(-c3ccccc3)cs2)cc1. The van der Waals surface area contributed by atoms with Crippen molar-refractivity contribution in [2.75, 3.05) is 17.7 Å². The van der Waals surface area contributed by atoms with Crippen LogP contribution < -0.4 is 5.32 Å². The van der Waals surface area contributed by atoms with Crippen molar-refractivity contribution in [3.05, 3.63) is 65.5 Å². The molecule has 7 heteroatoms. The van der Waals surface area contributed by atoms with Crippen LogP contribution in [0, 0.1) is 0 Å². The van der Waals surface area contributed by atoms with Crippen LogP contribution in [-0.2, 0) is 9.53 Å². The molecule has 0 aliphatic carbocycles. The Labute approximate surface area is 178 Å². The second-order valence-electron chi connectivity index (χ2n) is 6.27. The lowest BCUT2D eigenvalue weighted by atomic mass is 10.2. The fourth-order valence-electron chi connectivity index (χ4n) is 2.47. The summed E-state index contributed by atoms with van der Waals surface area (Å²) < 4.78 is 6.03. The van der Waals surface area contributed by atoms with E-state index in [1.807, 2.05) is 42.6 Å². The highest BCUT2D eigenvalue weighted by Gasteiger charge is 2.10. The van der Waals surface area contributed by atoms with E-state index < -0.39 is 0 Å². The van der Waals surface area contributed by atoms with Crippen molar-refractivity contribution in [3.63, 3.8) is 0 Å². The fraction of sp³-hybridized carbons (Fsp3) is 0.227. The molecule has 0 saturated heterocycles. The first-order valence-electron chi connectivity index (χ1n) is 9.36. The molecule has 1 aromatic heterocycles. The van der Waals surface area contributed by atoms with Crippen LogP contribution in [0.1, 0.15) is 30.1 Å². The minimum absolute atomic E-state index is 0.121. The quantitative estimate of drug-likeness (QED) is 0.278. The zero-order chi connectivity index (χ0) is 20.5. The van der Waals surface area contributed by atoms with Gasteiger partial charge in [-0.25, -0.2) is 9.78 Å². The normalized spacial score (nSPS) is 10.5. The summed E-state index contributed by atoms with van der Waals surface area (Å²) in [4.78, 5) is 28.7. The Balaban J connectivity index is 1.47. The van der Waals surface area contributed by atoms with Gasteiger partial charge in [0.2, 0.25) is 5.91 Å². The van der Waals surface area contributed by atoms with Crippen LogP contribution in [-0.4, -0.2) is 29.2 Å². The second-order valence-corrected chi connectivity index (χ2v) is 8.35. The molecule has 0 unspecified atom stereocenters. The van der Waals surface area contributed by atoms with E-state index in [2.05, 4.69) is 10.3 Å². The average Bonchev–Trinajstić information content (AvgIpc) is 3.23. The van der Waals surface area contributed by atoms with Crippen LogP contribution in [0.2, 0.25) is 0 Å². The molecule has 1 N–H and O–H groups in total. The standard InChI is InChI=1S/C22H22N2O3S2/c1-2-3-13-27-21(26)17-9-11-18(12-10-17)23-20(25)15-29-22-24-19(14-28-22)16-7-5-4-6-8-16/h4-12,14H,2-3,13,15H2,1H3,(H,23,25). The van der Waals surface area contributed by atoms with Gasteiger partial charge in [0.25, 0.3) is 0 Å². The number of esters is 1. The maximum absolute atomic E-state index is 12.2. The van der Waals surface area contributed by atoms with Gasteiger partial charge in [0.15, 0.2) is 4.34 Å². The molecule has 3 rings (SSSR count). The topological polar surface area (TPSA) is 68.3 Å². The predicted octanol–water partition coefficient (Wildman–Crippen LogP) is 5.50. The molecule has 29 heavy (non-hydrogen) atoms. The number of ether oxygens (including phenoxy) is 1.